The van der Waals surface area contributed by atoms with E-state index in [2.05, 4.69) is 10.3 Å². The second-order valence-electron chi connectivity index (χ2n) is 7.62. The van der Waals surface area contributed by atoms with Gasteiger partial charge in [0.1, 0.15) is 10.3 Å². The van der Waals surface area contributed by atoms with Gasteiger partial charge in [0, 0.05) is 31.5 Å². The number of nitrogens with one attached hydrogen (secondary N) is 1. The number of thiophene rings is 1. The first-order chi connectivity index (χ1) is 15.9. The summed E-state index contributed by atoms with van der Waals surface area (Å²) in [6, 6.07) is 12.2. The number of aryl methyl sites for hydroxylation is 1. The van der Waals surface area contributed by atoms with E-state index in [4.69, 9.17) is 4.98 Å². The number of sulfonamides is 1. The van der Waals surface area contributed by atoms with Gasteiger partial charge >= 0.3 is 0 Å². The van der Waals surface area contributed by atoms with Crippen LogP contribution in [0, 0.1) is 0 Å². The molecule has 1 fully saturated rings. The fraction of sp³-hybridized carbons (Fsp3) is 0.227. The Kier molecular flexibility index (Phi) is 5.87. The van der Waals surface area contributed by atoms with Crippen LogP contribution < -0.4 is 5.32 Å². The van der Waals surface area contributed by atoms with E-state index in [1.807, 2.05) is 48.1 Å². The summed E-state index contributed by atoms with van der Waals surface area (Å²) in [5.74, 6) is 0.377. The standard InChI is InChI=1S/C22H21N5O3S3/c1-26-13-11-23-20(26)19-18(15-7-3-2-4-8-15)24-22(32-19)25-21(28)16-9-5-12-27(16)33(29,30)17-10-6-14-31-17/h2-4,6-8,10-11,13-14,16H,5,9,12H2,1H3,(H,24,25,28). The Bertz CT molecular complexity index is 1380. The Balaban J connectivity index is 1.45. The third-order valence-corrected chi connectivity index (χ3v) is 9.74. The zero-order valence-electron chi connectivity index (χ0n) is 17.7. The number of benzene rings is 1. The van der Waals surface area contributed by atoms with Crippen LogP contribution in [-0.4, -0.2) is 45.8 Å². The van der Waals surface area contributed by atoms with E-state index in [-0.39, 0.29) is 10.1 Å². The molecule has 1 aromatic carbocycles. The average Bonchev–Trinajstić information content (AvgIpc) is 3.60. The molecule has 11 heteroatoms. The number of hydrogen-bond donors (Lipinski definition) is 1. The van der Waals surface area contributed by atoms with Crippen LogP contribution in [0.25, 0.3) is 22.0 Å². The van der Waals surface area contributed by atoms with E-state index in [0.29, 0.717) is 24.5 Å². The Morgan fingerprint density at radius 3 is 2.70 bits per heavy atom. The average molecular weight is 500 g/mol. The summed E-state index contributed by atoms with van der Waals surface area (Å²) in [4.78, 5) is 23.2. The summed E-state index contributed by atoms with van der Waals surface area (Å²) in [5.41, 5.74) is 1.63. The number of hydrogen-bond acceptors (Lipinski definition) is 7. The summed E-state index contributed by atoms with van der Waals surface area (Å²) in [7, 11) is -1.80. The zero-order valence-corrected chi connectivity index (χ0v) is 20.2. The molecule has 1 atom stereocenters. The normalized spacial score (nSPS) is 16.8. The Labute approximate surface area is 199 Å². The van der Waals surface area contributed by atoms with Crippen molar-refractivity contribution in [3.63, 3.8) is 0 Å². The molecule has 4 aromatic rings. The number of aromatic nitrogens is 3. The maximum absolute atomic E-state index is 13.2. The highest BCUT2D eigenvalue weighted by atomic mass is 32.2. The van der Waals surface area contributed by atoms with Gasteiger partial charge in [-0.15, -0.1) is 11.3 Å². The van der Waals surface area contributed by atoms with Gasteiger partial charge in [-0.1, -0.05) is 47.7 Å². The van der Waals surface area contributed by atoms with Crippen molar-refractivity contribution in [2.24, 2.45) is 7.05 Å². The van der Waals surface area contributed by atoms with Gasteiger partial charge < -0.3 is 9.88 Å². The Morgan fingerprint density at radius 2 is 2.00 bits per heavy atom. The lowest BCUT2D eigenvalue weighted by atomic mass is 10.1. The third kappa shape index (κ3) is 4.12. The molecule has 0 bridgehead atoms. The summed E-state index contributed by atoms with van der Waals surface area (Å²) < 4.78 is 29.5. The fourth-order valence-electron chi connectivity index (χ4n) is 3.91. The molecule has 170 valence electrons. The molecule has 0 aliphatic carbocycles. The molecule has 1 N–H and O–H groups in total. The van der Waals surface area contributed by atoms with E-state index in [9.17, 15) is 13.2 Å². The van der Waals surface area contributed by atoms with E-state index in [1.54, 1.807) is 23.7 Å². The highest BCUT2D eigenvalue weighted by Gasteiger charge is 2.40. The second-order valence-corrected chi connectivity index (χ2v) is 11.7. The maximum Gasteiger partial charge on any atom is 0.253 e. The van der Waals surface area contributed by atoms with Crippen LogP contribution in [0.5, 0.6) is 0 Å². The van der Waals surface area contributed by atoms with Crippen LogP contribution in [0.4, 0.5) is 5.13 Å². The van der Waals surface area contributed by atoms with Crippen LogP contribution in [-0.2, 0) is 21.9 Å². The number of rotatable bonds is 6. The lowest BCUT2D eigenvalue weighted by Crippen LogP contribution is -2.42. The van der Waals surface area contributed by atoms with E-state index < -0.39 is 16.1 Å². The summed E-state index contributed by atoms with van der Waals surface area (Å²) >= 11 is 2.48. The molecule has 1 unspecified atom stereocenters. The van der Waals surface area contributed by atoms with Crippen molar-refractivity contribution in [1.29, 1.82) is 0 Å². The minimum atomic E-state index is -3.71. The van der Waals surface area contributed by atoms with Crippen molar-refractivity contribution >= 4 is 43.7 Å². The molecule has 1 aliphatic rings. The number of carbonyl (C=O) groups excluding carboxylic acids is 1. The van der Waals surface area contributed by atoms with Gasteiger partial charge in [-0.3, -0.25) is 4.79 Å². The van der Waals surface area contributed by atoms with Crippen molar-refractivity contribution in [2.45, 2.75) is 23.1 Å². The molecule has 1 aliphatic heterocycles. The van der Waals surface area contributed by atoms with E-state index in [0.717, 1.165) is 33.3 Å². The topological polar surface area (TPSA) is 97.2 Å². The highest BCUT2D eigenvalue weighted by Crippen LogP contribution is 2.38. The fourth-order valence-corrected chi connectivity index (χ4v) is 7.71. The van der Waals surface area contributed by atoms with Gasteiger partial charge in [-0.05, 0) is 24.3 Å². The largest absolute Gasteiger partial charge is 0.333 e. The van der Waals surface area contributed by atoms with Crippen molar-refractivity contribution in [1.82, 2.24) is 18.8 Å². The zero-order chi connectivity index (χ0) is 23.0. The molecule has 0 spiro atoms. The van der Waals surface area contributed by atoms with Gasteiger partial charge in [-0.2, -0.15) is 4.31 Å². The monoisotopic (exact) mass is 499 g/mol. The maximum atomic E-state index is 13.2. The number of thiazole rings is 1. The predicted octanol–water partition coefficient (Wildman–Crippen LogP) is 4.06. The molecule has 33 heavy (non-hydrogen) atoms. The molecule has 4 heterocycles. The molecule has 0 radical (unpaired) electrons. The molecule has 8 nitrogen and oxygen atoms in total. The number of nitrogens with zero attached hydrogens (tertiary/aromatic N) is 4. The summed E-state index contributed by atoms with van der Waals surface area (Å²) in [5, 5.41) is 5.01. The number of imidazole rings is 1. The Morgan fingerprint density at radius 1 is 1.18 bits per heavy atom. The van der Waals surface area contributed by atoms with Crippen molar-refractivity contribution < 1.29 is 13.2 Å². The minimum absolute atomic E-state index is 0.250. The van der Waals surface area contributed by atoms with Crippen molar-refractivity contribution in [3.8, 4) is 22.0 Å². The first kappa shape index (κ1) is 22.0. The van der Waals surface area contributed by atoms with Gasteiger partial charge in [0.25, 0.3) is 10.0 Å². The lowest BCUT2D eigenvalue weighted by Gasteiger charge is -2.22. The van der Waals surface area contributed by atoms with Crippen LogP contribution in [0.1, 0.15) is 12.8 Å². The van der Waals surface area contributed by atoms with Gasteiger partial charge in [0.15, 0.2) is 11.0 Å². The Hall–Kier alpha value is -2.86. The van der Waals surface area contributed by atoms with Crippen LogP contribution in [0.3, 0.4) is 0 Å². The van der Waals surface area contributed by atoms with Crippen LogP contribution >= 0.6 is 22.7 Å². The molecule has 5 rings (SSSR count). The first-order valence-electron chi connectivity index (χ1n) is 10.4. The molecule has 1 saturated heterocycles. The predicted molar refractivity (Wildman–Crippen MR) is 130 cm³/mol. The smallest absolute Gasteiger partial charge is 0.253 e. The minimum Gasteiger partial charge on any atom is -0.333 e. The summed E-state index contributed by atoms with van der Waals surface area (Å²) in [6.07, 6.45) is 4.68. The van der Waals surface area contributed by atoms with Crippen LogP contribution in [0.2, 0.25) is 0 Å². The molecule has 0 saturated carbocycles. The number of carbonyl (C=O) groups is 1. The molecular formula is C22H21N5O3S3. The quantitative estimate of drug-likeness (QED) is 0.431. The summed E-state index contributed by atoms with van der Waals surface area (Å²) in [6.45, 7) is 0.323. The van der Waals surface area contributed by atoms with E-state index in [1.165, 1.54) is 15.6 Å². The van der Waals surface area contributed by atoms with E-state index >= 15 is 0 Å². The highest BCUT2D eigenvalue weighted by molar-refractivity contribution is 7.91. The van der Waals surface area contributed by atoms with Gasteiger partial charge in [-0.25, -0.2) is 18.4 Å². The van der Waals surface area contributed by atoms with Crippen LogP contribution in [0.15, 0.2) is 64.4 Å². The second kappa shape index (κ2) is 8.82. The van der Waals surface area contributed by atoms with Crippen molar-refractivity contribution in [2.75, 3.05) is 11.9 Å². The van der Waals surface area contributed by atoms with Gasteiger partial charge in [0.2, 0.25) is 5.91 Å². The number of anilines is 1. The lowest BCUT2D eigenvalue weighted by molar-refractivity contribution is -0.119. The molecule has 1 amide bonds. The SMILES string of the molecule is Cn1ccnc1-c1sc(NC(=O)C2CCCN2S(=O)(=O)c2cccs2)nc1-c1ccccc1. The number of amides is 1. The molecule has 3 aromatic heterocycles. The first-order valence-corrected chi connectivity index (χ1v) is 13.5. The molecular weight excluding hydrogens is 478 g/mol. The van der Waals surface area contributed by atoms with Gasteiger partial charge in [0.05, 0.1) is 10.6 Å². The third-order valence-electron chi connectivity index (χ3n) is 5.49. The van der Waals surface area contributed by atoms with Crippen molar-refractivity contribution in [3.05, 3.63) is 60.2 Å².